The molecule has 2 rings (SSSR count). The smallest absolute Gasteiger partial charge is 0.220 e. The number of hydrogen-bond donors (Lipinski definition) is 2. The zero-order chi connectivity index (χ0) is 20.9. The first-order chi connectivity index (χ1) is 13.3. The van der Waals surface area contributed by atoms with Crippen molar-refractivity contribution in [1.82, 2.24) is 9.78 Å². The quantitative estimate of drug-likeness (QED) is 0.438. The molecule has 0 atom stereocenters. The predicted octanol–water partition coefficient (Wildman–Crippen LogP) is 2.16. The van der Waals surface area contributed by atoms with E-state index in [0.29, 0.717) is 42.3 Å². The summed E-state index contributed by atoms with van der Waals surface area (Å²) in [4.78, 5) is 13.2. The van der Waals surface area contributed by atoms with Gasteiger partial charge in [-0.2, -0.15) is 16.9 Å². The summed E-state index contributed by atoms with van der Waals surface area (Å²) in [5, 5.41) is 17.4. The van der Waals surface area contributed by atoms with Gasteiger partial charge < -0.3 is 15.2 Å². The lowest BCUT2D eigenvalue weighted by atomic mass is 9.99. The number of nitrogens with one attached hydrogen (secondary N) is 1. The molecular formula is C18H25N3O5S2. The number of aromatic nitrogens is 2. The van der Waals surface area contributed by atoms with Gasteiger partial charge in [-0.1, -0.05) is 0 Å². The van der Waals surface area contributed by atoms with E-state index in [1.165, 1.54) is 34.8 Å². The van der Waals surface area contributed by atoms with Gasteiger partial charge in [-0.15, -0.1) is 0 Å². The van der Waals surface area contributed by atoms with Gasteiger partial charge in [0.15, 0.2) is 15.6 Å². The van der Waals surface area contributed by atoms with Crippen LogP contribution >= 0.6 is 11.8 Å². The van der Waals surface area contributed by atoms with Crippen LogP contribution in [0.25, 0.3) is 0 Å². The molecule has 1 heterocycles. The summed E-state index contributed by atoms with van der Waals surface area (Å²) in [6.45, 7) is 2.99. The van der Waals surface area contributed by atoms with E-state index in [9.17, 15) is 18.3 Å². The first kappa shape index (κ1) is 22.3. The van der Waals surface area contributed by atoms with Gasteiger partial charge in [0, 0.05) is 37.8 Å². The van der Waals surface area contributed by atoms with Crippen molar-refractivity contribution < 1.29 is 23.1 Å². The van der Waals surface area contributed by atoms with Crippen LogP contribution in [-0.4, -0.2) is 61.9 Å². The number of hydrogen-bond acceptors (Lipinski definition) is 8. The number of ketones is 1. The van der Waals surface area contributed by atoms with Crippen molar-refractivity contribution in [3.8, 4) is 5.88 Å². The lowest BCUT2D eigenvalue weighted by Crippen LogP contribution is -2.16. The molecule has 0 amide bonds. The number of anilines is 1. The van der Waals surface area contributed by atoms with Gasteiger partial charge in [-0.3, -0.25) is 4.79 Å². The fraction of sp³-hybridized carbons (Fsp3) is 0.444. The Hall–Kier alpha value is -2.04. The minimum atomic E-state index is -3.52. The maximum absolute atomic E-state index is 13.1. The lowest BCUT2D eigenvalue weighted by Gasteiger charge is -2.18. The van der Waals surface area contributed by atoms with Crippen LogP contribution in [0.4, 0.5) is 5.69 Å². The molecule has 0 unspecified atom stereocenters. The van der Waals surface area contributed by atoms with Crippen LogP contribution in [0.3, 0.4) is 0 Å². The molecule has 0 aliphatic carbocycles. The SMILES string of the molecule is CCn1ncc(C(=O)c2ccc(S(C)(=O)=O)c(NCCOC)c2CSC)c1O. The second kappa shape index (κ2) is 9.44. The Balaban J connectivity index is 2.64. The van der Waals surface area contributed by atoms with Crippen molar-refractivity contribution in [2.75, 3.05) is 38.1 Å². The molecule has 2 N–H and O–H groups in total. The predicted molar refractivity (Wildman–Crippen MR) is 110 cm³/mol. The van der Waals surface area contributed by atoms with E-state index in [4.69, 9.17) is 4.74 Å². The van der Waals surface area contributed by atoms with Crippen LogP contribution < -0.4 is 5.32 Å². The summed E-state index contributed by atoms with van der Waals surface area (Å²) in [6, 6.07) is 2.91. The van der Waals surface area contributed by atoms with Crippen molar-refractivity contribution in [3.63, 3.8) is 0 Å². The molecule has 10 heteroatoms. The van der Waals surface area contributed by atoms with E-state index in [1.54, 1.807) is 14.0 Å². The molecule has 0 aliphatic rings. The van der Waals surface area contributed by atoms with Crippen LogP contribution in [-0.2, 0) is 26.9 Å². The zero-order valence-electron chi connectivity index (χ0n) is 16.4. The Labute approximate surface area is 169 Å². The van der Waals surface area contributed by atoms with Crippen molar-refractivity contribution in [3.05, 3.63) is 35.0 Å². The van der Waals surface area contributed by atoms with E-state index in [1.807, 2.05) is 6.26 Å². The normalized spacial score (nSPS) is 11.6. The van der Waals surface area contributed by atoms with Crippen molar-refractivity contribution in [1.29, 1.82) is 0 Å². The molecule has 0 fully saturated rings. The third-order valence-electron chi connectivity index (χ3n) is 4.17. The first-order valence-electron chi connectivity index (χ1n) is 8.63. The van der Waals surface area contributed by atoms with Gasteiger partial charge >= 0.3 is 0 Å². The number of rotatable bonds is 10. The molecular weight excluding hydrogens is 402 g/mol. The Morgan fingerprint density at radius 1 is 1.36 bits per heavy atom. The zero-order valence-corrected chi connectivity index (χ0v) is 18.0. The van der Waals surface area contributed by atoms with Crippen molar-refractivity contribution >= 4 is 33.1 Å². The molecule has 0 aliphatic heterocycles. The highest BCUT2D eigenvalue weighted by Crippen LogP contribution is 2.33. The van der Waals surface area contributed by atoms with Crippen LogP contribution in [0.2, 0.25) is 0 Å². The number of aryl methyl sites for hydroxylation is 1. The monoisotopic (exact) mass is 427 g/mol. The number of aromatic hydroxyl groups is 1. The molecule has 0 bridgehead atoms. The van der Waals surface area contributed by atoms with Crippen molar-refractivity contribution in [2.24, 2.45) is 0 Å². The highest BCUT2D eigenvalue weighted by atomic mass is 32.2. The van der Waals surface area contributed by atoms with Crippen LogP contribution in [0.5, 0.6) is 5.88 Å². The largest absolute Gasteiger partial charge is 0.493 e. The fourth-order valence-corrected chi connectivity index (χ4v) is 4.30. The number of carbonyl (C=O) groups is 1. The fourth-order valence-electron chi connectivity index (χ4n) is 2.83. The topological polar surface area (TPSA) is 111 Å². The molecule has 28 heavy (non-hydrogen) atoms. The van der Waals surface area contributed by atoms with Gasteiger partial charge in [0.1, 0.15) is 5.56 Å². The van der Waals surface area contributed by atoms with E-state index < -0.39 is 15.6 Å². The van der Waals surface area contributed by atoms with Crippen LogP contribution in [0, 0.1) is 0 Å². The van der Waals surface area contributed by atoms with E-state index in [0.717, 1.165) is 6.26 Å². The van der Waals surface area contributed by atoms with Gasteiger partial charge in [-0.05, 0) is 30.9 Å². The number of thioether (sulfide) groups is 1. The summed E-state index contributed by atoms with van der Waals surface area (Å²) in [6.07, 6.45) is 4.32. The highest BCUT2D eigenvalue weighted by Gasteiger charge is 2.25. The summed E-state index contributed by atoms with van der Waals surface area (Å²) >= 11 is 1.47. The molecule has 154 valence electrons. The Morgan fingerprint density at radius 3 is 2.61 bits per heavy atom. The van der Waals surface area contributed by atoms with Gasteiger partial charge in [0.2, 0.25) is 5.88 Å². The van der Waals surface area contributed by atoms with Gasteiger partial charge in [0.25, 0.3) is 0 Å². The minimum absolute atomic E-state index is 0.0825. The average Bonchev–Trinajstić information content (AvgIpc) is 3.02. The Bertz CT molecular complexity index is 954. The van der Waals surface area contributed by atoms with Gasteiger partial charge in [-0.25, -0.2) is 13.1 Å². The Kier molecular flexibility index (Phi) is 7.50. The Morgan fingerprint density at radius 2 is 2.07 bits per heavy atom. The average molecular weight is 428 g/mol. The highest BCUT2D eigenvalue weighted by molar-refractivity contribution is 7.97. The molecule has 0 radical (unpaired) electrons. The third kappa shape index (κ3) is 4.68. The van der Waals surface area contributed by atoms with E-state index in [2.05, 4.69) is 10.4 Å². The number of carbonyl (C=O) groups excluding carboxylic acids is 1. The summed E-state index contributed by atoms with van der Waals surface area (Å²) in [7, 11) is -1.96. The van der Waals surface area contributed by atoms with Crippen LogP contribution in [0.15, 0.2) is 23.2 Å². The number of ether oxygens (including phenoxy) is 1. The molecule has 0 spiro atoms. The first-order valence-corrected chi connectivity index (χ1v) is 11.9. The van der Waals surface area contributed by atoms with Crippen molar-refractivity contribution in [2.45, 2.75) is 24.1 Å². The number of methoxy groups -OCH3 is 1. The molecule has 8 nitrogen and oxygen atoms in total. The molecule has 1 aromatic heterocycles. The van der Waals surface area contributed by atoms with Crippen LogP contribution in [0.1, 0.15) is 28.4 Å². The maximum Gasteiger partial charge on any atom is 0.220 e. The molecule has 1 aromatic carbocycles. The molecule has 0 saturated carbocycles. The number of nitrogens with zero attached hydrogens (tertiary/aromatic N) is 2. The summed E-state index contributed by atoms with van der Waals surface area (Å²) < 4.78 is 30.9. The third-order valence-corrected chi connectivity index (χ3v) is 5.89. The second-order valence-electron chi connectivity index (χ2n) is 6.12. The van der Waals surface area contributed by atoms with Gasteiger partial charge in [0.05, 0.1) is 23.4 Å². The minimum Gasteiger partial charge on any atom is -0.493 e. The number of sulfone groups is 1. The number of benzene rings is 1. The van der Waals surface area contributed by atoms with E-state index >= 15 is 0 Å². The standard InChI is InChI=1S/C18H25N3O5S2/c1-5-21-18(23)13(10-20-21)17(22)12-6-7-15(28(4,24)25)16(14(12)11-27-3)19-8-9-26-2/h6-7,10,19,23H,5,8-9,11H2,1-4H3. The molecule has 2 aromatic rings. The lowest BCUT2D eigenvalue weighted by molar-refractivity contribution is 0.103. The summed E-state index contributed by atoms with van der Waals surface area (Å²) in [5.41, 5.74) is 1.37. The molecule has 0 saturated heterocycles. The maximum atomic E-state index is 13.1. The van der Waals surface area contributed by atoms with E-state index in [-0.39, 0.29) is 16.3 Å². The second-order valence-corrected chi connectivity index (χ2v) is 8.97. The summed E-state index contributed by atoms with van der Waals surface area (Å²) in [5.74, 6) is -0.192.